The molecule has 0 fully saturated rings. The van der Waals surface area contributed by atoms with Crippen LogP contribution in [-0.2, 0) is 9.84 Å². The number of aromatic nitrogens is 3. The van der Waals surface area contributed by atoms with Gasteiger partial charge >= 0.3 is 0 Å². The van der Waals surface area contributed by atoms with Crippen molar-refractivity contribution in [3.8, 4) is 0 Å². The summed E-state index contributed by atoms with van der Waals surface area (Å²) < 4.78 is 22.9. The topological polar surface area (TPSA) is 105 Å². The van der Waals surface area contributed by atoms with Gasteiger partial charge in [0.25, 0.3) is 5.91 Å². The fourth-order valence-electron chi connectivity index (χ4n) is 1.33. The van der Waals surface area contributed by atoms with Crippen LogP contribution in [0.25, 0.3) is 0 Å². The second-order valence-electron chi connectivity index (χ2n) is 3.72. The van der Waals surface area contributed by atoms with Crippen LogP contribution in [0.1, 0.15) is 10.5 Å². The van der Waals surface area contributed by atoms with Crippen molar-refractivity contribution in [1.29, 1.82) is 0 Å². The second-order valence-corrected chi connectivity index (χ2v) is 6.15. The molecule has 0 spiro atoms. The summed E-state index contributed by atoms with van der Waals surface area (Å²) >= 11 is 5.90. The molecule has 0 saturated carbocycles. The standard InChI is InChI=1S/C10H9ClN4O3S/c1-19(17,18)6-2-3-7(11)8(4-6)13-10(16)9-5-12-15-14-9/h2-5H,1H3,(H,13,16)(H,12,14,15). The first kappa shape index (κ1) is 13.5. The Kier molecular flexibility index (Phi) is 3.54. The third-order valence-corrected chi connectivity index (χ3v) is 3.70. The number of rotatable bonds is 3. The van der Waals surface area contributed by atoms with E-state index >= 15 is 0 Å². The number of carbonyl (C=O) groups excluding carboxylic acids is 1. The summed E-state index contributed by atoms with van der Waals surface area (Å²) in [6.45, 7) is 0. The SMILES string of the molecule is CS(=O)(=O)c1ccc(Cl)c(NC(=O)c2cn[nH]n2)c1. The molecule has 100 valence electrons. The van der Waals surface area contributed by atoms with Gasteiger partial charge in [-0.05, 0) is 18.2 Å². The average Bonchev–Trinajstić information content (AvgIpc) is 2.84. The van der Waals surface area contributed by atoms with Crippen molar-refractivity contribution in [2.75, 3.05) is 11.6 Å². The Labute approximate surface area is 113 Å². The minimum atomic E-state index is -3.38. The van der Waals surface area contributed by atoms with E-state index in [1.807, 2.05) is 0 Å². The van der Waals surface area contributed by atoms with Gasteiger partial charge < -0.3 is 5.32 Å². The zero-order chi connectivity index (χ0) is 14.0. The number of benzene rings is 1. The molecule has 1 aromatic carbocycles. The summed E-state index contributed by atoms with van der Waals surface area (Å²) in [5.41, 5.74) is 0.262. The van der Waals surface area contributed by atoms with Crippen molar-refractivity contribution in [3.05, 3.63) is 35.1 Å². The van der Waals surface area contributed by atoms with Gasteiger partial charge in [-0.25, -0.2) is 8.42 Å². The monoisotopic (exact) mass is 300 g/mol. The lowest BCUT2D eigenvalue weighted by molar-refractivity contribution is 0.102. The zero-order valence-corrected chi connectivity index (χ0v) is 11.3. The maximum atomic E-state index is 11.7. The quantitative estimate of drug-likeness (QED) is 0.883. The van der Waals surface area contributed by atoms with Gasteiger partial charge in [0.05, 0.1) is 21.8 Å². The van der Waals surface area contributed by atoms with Crippen molar-refractivity contribution < 1.29 is 13.2 Å². The van der Waals surface area contributed by atoms with Crippen LogP contribution in [0, 0.1) is 0 Å². The molecule has 1 amide bonds. The highest BCUT2D eigenvalue weighted by Gasteiger charge is 2.14. The number of hydrogen-bond donors (Lipinski definition) is 2. The van der Waals surface area contributed by atoms with Crippen molar-refractivity contribution in [2.45, 2.75) is 4.90 Å². The molecule has 0 saturated heterocycles. The fourth-order valence-corrected chi connectivity index (χ4v) is 2.14. The number of sulfone groups is 1. The second kappa shape index (κ2) is 4.98. The van der Waals surface area contributed by atoms with Gasteiger partial charge in [-0.3, -0.25) is 4.79 Å². The van der Waals surface area contributed by atoms with Crippen LogP contribution >= 0.6 is 11.6 Å². The van der Waals surface area contributed by atoms with E-state index in [2.05, 4.69) is 20.7 Å². The summed E-state index contributed by atoms with van der Waals surface area (Å²) in [5.74, 6) is -0.540. The minimum absolute atomic E-state index is 0.0624. The number of hydrogen-bond acceptors (Lipinski definition) is 5. The molecule has 0 aliphatic carbocycles. The Bertz CT molecular complexity index is 712. The third kappa shape index (κ3) is 3.09. The van der Waals surface area contributed by atoms with Crippen molar-refractivity contribution >= 4 is 33.0 Å². The predicted molar refractivity (Wildman–Crippen MR) is 68.9 cm³/mol. The number of H-pyrrole nitrogens is 1. The van der Waals surface area contributed by atoms with E-state index < -0.39 is 15.7 Å². The molecule has 0 atom stereocenters. The lowest BCUT2D eigenvalue weighted by Crippen LogP contribution is -2.13. The number of halogens is 1. The average molecular weight is 301 g/mol. The largest absolute Gasteiger partial charge is 0.319 e. The molecule has 2 rings (SSSR count). The van der Waals surface area contributed by atoms with Crippen LogP contribution in [0.5, 0.6) is 0 Å². The number of nitrogens with one attached hydrogen (secondary N) is 2. The van der Waals surface area contributed by atoms with Gasteiger partial charge in [0.2, 0.25) is 0 Å². The van der Waals surface area contributed by atoms with E-state index in [-0.39, 0.29) is 21.3 Å². The van der Waals surface area contributed by atoms with Crippen LogP contribution in [-0.4, -0.2) is 36.0 Å². The minimum Gasteiger partial charge on any atom is -0.319 e. The summed E-state index contributed by atoms with van der Waals surface area (Å²) in [7, 11) is -3.38. The number of nitrogens with zero attached hydrogens (tertiary/aromatic N) is 2. The Morgan fingerprint density at radius 1 is 1.42 bits per heavy atom. The Balaban J connectivity index is 2.32. The van der Waals surface area contributed by atoms with E-state index in [0.717, 1.165) is 6.26 Å². The summed E-state index contributed by atoms with van der Waals surface area (Å²) in [6.07, 6.45) is 2.31. The Morgan fingerprint density at radius 3 is 2.74 bits per heavy atom. The molecule has 0 aliphatic rings. The molecular formula is C10H9ClN4O3S. The molecule has 0 radical (unpaired) electrons. The van der Waals surface area contributed by atoms with Crippen LogP contribution in [0.15, 0.2) is 29.3 Å². The van der Waals surface area contributed by atoms with E-state index in [1.165, 1.54) is 24.4 Å². The molecule has 19 heavy (non-hydrogen) atoms. The Hall–Kier alpha value is -1.93. The van der Waals surface area contributed by atoms with E-state index in [1.54, 1.807) is 0 Å². The highest BCUT2D eigenvalue weighted by Crippen LogP contribution is 2.25. The first-order chi connectivity index (χ1) is 8.88. The van der Waals surface area contributed by atoms with Crippen LogP contribution in [0.2, 0.25) is 5.02 Å². The number of anilines is 1. The third-order valence-electron chi connectivity index (χ3n) is 2.26. The van der Waals surface area contributed by atoms with Gasteiger partial charge in [-0.15, -0.1) is 0 Å². The van der Waals surface area contributed by atoms with Gasteiger partial charge in [-0.1, -0.05) is 11.6 Å². The van der Waals surface area contributed by atoms with Crippen LogP contribution < -0.4 is 5.32 Å². The molecule has 1 aromatic heterocycles. The normalized spacial score (nSPS) is 11.3. The maximum Gasteiger partial charge on any atom is 0.277 e. The molecule has 0 aliphatic heterocycles. The zero-order valence-electron chi connectivity index (χ0n) is 9.71. The van der Waals surface area contributed by atoms with E-state index in [9.17, 15) is 13.2 Å². The summed E-state index contributed by atoms with van der Waals surface area (Å²) in [4.78, 5) is 11.8. The van der Waals surface area contributed by atoms with Crippen molar-refractivity contribution in [3.63, 3.8) is 0 Å². The van der Waals surface area contributed by atoms with Crippen LogP contribution in [0.3, 0.4) is 0 Å². The molecule has 0 unspecified atom stereocenters. The number of aromatic amines is 1. The van der Waals surface area contributed by atoms with E-state index in [0.29, 0.717) is 0 Å². The maximum absolute atomic E-state index is 11.7. The predicted octanol–water partition coefficient (Wildman–Crippen LogP) is 1.11. The molecular weight excluding hydrogens is 292 g/mol. The lowest BCUT2D eigenvalue weighted by Gasteiger charge is -2.07. The molecule has 1 heterocycles. The highest BCUT2D eigenvalue weighted by atomic mass is 35.5. The van der Waals surface area contributed by atoms with Crippen LogP contribution in [0.4, 0.5) is 5.69 Å². The fraction of sp³-hybridized carbons (Fsp3) is 0.100. The van der Waals surface area contributed by atoms with E-state index in [4.69, 9.17) is 11.6 Å². The van der Waals surface area contributed by atoms with Gasteiger partial charge in [0.1, 0.15) is 0 Å². The summed E-state index contributed by atoms with van der Waals surface area (Å²) in [5, 5.41) is 12.1. The smallest absolute Gasteiger partial charge is 0.277 e. The molecule has 2 N–H and O–H groups in total. The molecule has 9 heteroatoms. The van der Waals surface area contributed by atoms with Gasteiger partial charge in [-0.2, -0.15) is 15.4 Å². The molecule has 0 bridgehead atoms. The number of amides is 1. The molecule has 2 aromatic rings. The Morgan fingerprint density at radius 2 is 2.16 bits per heavy atom. The highest BCUT2D eigenvalue weighted by molar-refractivity contribution is 7.90. The number of carbonyl (C=O) groups is 1. The first-order valence-electron chi connectivity index (χ1n) is 5.04. The summed E-state index contributed by atoms with van der Waals surface area (Å²) in [6, 6.07) is 4.05. The van der Waals surface area contributed by atoms with Crippen molar-refractivity contribution in [1.82, 2.24) is 15.4 Å². The van der Waals surface area contributed by atoms with Gasteiger partial charge in [0, 0.05) is 6.26 Å². The van der Waals surface area contributed by atoms with Gasteiger partial charge in [0.15, 0.2) is 15.5 Å². The lowest BCUT2D eigenvalue weighted by atomic mass is 10.3. The van der Waals surface area contributed by atoms with Crippen molar-refractivity contribution in [2.24, 2.45) is 0 Å². The molecule has 7 nitrogen and oxygen atoms in total. The first-order valence-corrected chi connectivity index (χ1v) is 7.31.